The maximum absolute atomic E-state index is 12.4. The third kappa shape index (κ3) is 5.09. The van der Waals surface area contributed by atoms with E-state index in [1.807, 2.05) is 43.3 Å². The molecule has 0 aliphatic rings. The van der Waals surface area contributed by atoms with Crippen molar-refractivity contribution >= 4 is 39.1 Å². The Morgan fingerprint density at radius 1 is 1.00 bits per heavy atom. The van der Waals surface area contributed by atoms with Crippen LogP contribution in [0.3, 0.4) is 0 Å². The molecule has 0 bridgehead atoms. The molecule has 0 aliphatic heterocycles. The van der Waals surface area contributed by atoms with Crippen LogP contribution in [0.2, 0.25) is 0 Å². The van der Waals surface area contributed by atoms with Crippen LogP contribution in [0.15, 0.2) is 70.5 Å². The van der Waals surface area contributed by atoms with E-state index in [2.05, 4.69) is 45.5 Å². The Labute approximate surface area is 177 Å². The maximum Gasteiger partial charge on any atom is 0.264 e. The zero-order chi connectivity index (χ0) is 20.1. The number of amides is 2. The van der Waals surface area contributed by atoms with Gasteiger partial charge in [-0.3, -0.25) is 9.59 Å². The highest BCUT2D eigenvalue weighted by molar-refractivity contribution is 9.11. The van der Waals surface area contributed by atoms with Gasteiger partial charge in [-0.15, -0.1) is 11.3 Å². The number of carbonyl (C=O) groups excluding carboxylic acids is 2. The van der Waals surface area contributed by atoms with Gasteiger partial charge < -0.3 is 10.2 Å². The lowest BCUT2D eigenvalue weighted by molar-refractivity contribution is -0.122. The summed E-state index contributed by atoms with van der Waals surface area (Å²) in [6, 6.07) is 21.7. The highest BCUT2D eigenvalue weighted by Gasteiger charge is 2.18. The number of thiophene rings is 1. The molecule has 0 aliphatic carbocycles. The molecule has 2 aromatic carbocycles. The molecule has 3 rings (SSSR count). The topological polar surface area (TPSA) is 49.4 Å². The Hall–Kier alpha value is -2.44. The van der Waals surface area contributed by atoms with Gasteiger partial charge in [0.05, 0.1) is 21.3 Å². The monoisotopic (exact) mass is 456 g/mol. The van der Waals surface area contributed by atoms with Crippen molar-refractivity contribution in [2.24, 2.45) is 0 Å². The Bertz CT molecular complexity index is 954. The molecule has 0 fully saturated rings. The average Bonchev–Trinajstić information content (AvgIpc) is 3.14. The first-order chi connectivity index (χ1) is 13.4. The number of hydrogen-bond acceptors (Lipinski definition) is 3. The van der Waals surface area contributed by atoms with E-state index in [4.69, 9.17) is 0 Å². The van der Waals surface area contributed by atoms with Crippen LogP contribution in [0.1, 0.15) is 28.2 Å². The third-order valence-corrected chi connectivity index (χ3v) is 6.02. The summed E-state index contributed by atoms with van der Waals surface area (Å²) in [6.45, 7) is 1.95. The highest BCUT2D eigenvalue weighted by Crippen LogP contribution is 2.23. The minimum absolute atomic E-state index is 0.0147. The molecule has 28 heavy (non-hydrogen) atoms. The van der Waals surface area contributed by atoms with Crippen molar-refractivity contribution < 1.29 is 9.59 Å². The van der Waals surface area contributed by atoms with E-state index in [1.54, 1.807) is 13.1 Å². The first-order valence-corrected chi connectivity index (χ1v) is 10.5. The molecular formula is C22H21BrN2O2S. The van der Waals surface area contributed by atoms with Crippen LogP contribution in [0.4, 0.5) is 0 Å². The quantitative estimate of drug-likeness (QED) is 0.558. The molecule has 2 amide bonds. The fourth-order valence-corrected chi connectivity index (χ4v) is 4.25. The van der Waals surface area contributed by atoms with E-state index < -0.39 is 0 Å². The van der Waals surface area contributed by atoms with Crippen molar-refractivity contribution in [1.29, 1.82) is 0 Å². The smallest absolute Gasteiger partial charge is 0.264 e. The van der Waals surface area contributed by atoms with Gasteiger partial charge in [0, 0.05) is 7.05 Å². The van der Waals surface area contributed by atoms with Crippen molar-refractivity contribution in [3.05, 3.63) is 81.0 Å². The molecule has 1 unspecified atom stereocenters. The summed E-state index contributed by atoms with van der Waals surface area (Å²) in [4.78, 5) is 26.7. The molecule has 144 valence electrons. The summed E-state index contributed by atoms with van der Waals surface area (Å²) < 4.78 is 0.890. The van der Waals surface area contributed by atoms with E-state index in [-0.39, 0.29) is 24.4 Å². The normalized spacial score (nSPS) is 11.7. The molecule has 1 aromatic heterocycles. The number of benzene rings is 2. The maximum atomic E-state index is 12.4. The van der Waals surface area contributed by atoms with Crippen LogP contribution in [0.25, 0.3) is 11.1 Å². The summed E-state index contributed by atoms with van der Waals surface area (Å²) in [5.74, 6) is -0.350. The van der Waals surface area contributed by atoms with Gasteiger partial charge in [0.25, 0.3) is 5.91 Å². The van der Waals surface area contributed by atoms with Gasteiger partial charge in [-0.05, 0) is 51.7 Å². The summed E-state index contributed by atoms with van der Waals surface area (Å²) >= 11 is 4.70. The molecule has 1 N–H and O–H groups in total. The van der Waals surface area contributed by atoms with Gasteiger partial charge >= 0.3 is 0 Å². The van der Waals surface area contributed by atoms with Crippen LogP contribution in [-0.2, 0) is 4.79 Å². The Morgan fingerprint density at radius 3 is 2.25 bits per heavy atom. The molecule has 0 saturated heterocycles. The van der Waals surface area contributed by atoms with E-state index in [0.29, 0.717) is 4.88 Å². The number of hydrogen-bond donors (Lipinski definition) is 1. The van der Waals surface area contributed by atoms with Gasteiger partial charge in [-0.1, -0.05) is 54.6 Å². The van der Waals surface area contributed by atoms with Gasteiger partial charge in [0.15, 0.2) is 0 Å². The number of rotatable bonds is 6. The van der Waals surface area contributed by atoms with Crippen LogP contribution in [0, 0.1) is 0 Å². The number of halogens is 1. The molecule has 3 aromatic rings. The Balaban J connectivity index is 1.57. The average molecular weight is 457 g/mol. The molecule has 6 heteroatoms. The second-order valence-electron chi connectivity index (χ2n) is 6.54. The molecule has 0 radical (unpaired) electrons. The Morgan fingerprint density at radius 2 is 1.64 bits per heavy atom. The van der Waals surface area contributed by atoms with Crippen molar-refractivity contribution in [2.45, 2.75) is 13.0 Å². The zero-order valence-corrected chi connectivity index (χ0v) is 18.1. The number of nitrogens with one attached hydrogen (secondary N) is 1. The largest absolute Gasteiger partial charge is 0.348 e. The number of carbonyl (C=O) groups is 2. The van der Waals surface area contributed by atoms with E-state index in [1.165, 1.54) is 16.2 Å². The Kier molecular flexibility index (Phi) is 6.65. The SMILES string of the molecule is CC(NC(=O)CN(C)C(=O)c1ccc(Br)s1)c1ccc(-c2ccccc2)cc1. The van der Waals surface area contributed by atoms with Crippen LogP contribution in [-0.4, -0.2) is 30.3 Å². The molecule has 1 atom stereocenters. The lowest BCUT2D eigenvalue weighted by atomic mass is 10.0. The lowest BCUT2D eigenvalue weighted by Crippen LogP contribution is -2.39. The molecule has 4 nitrogen and oxygen atoms in total. The highest BCUT2D eigenvalue weighted by atomic mass is 79.9. The van der Waals surface area contributed by atoms with E-state index in [9.17, 15) is 9.59 Å². The van der Waals surface area contributed by atoms with Crippen molar-refractivity contribution in [3.8, 4) is 11.1 Å². The minimum Gasteiger partial charge on any atom is -0.348 e. The van der Waals surface area contributed by atoms with Crippen LogP contribution in [0.5, 0.6) is 0 Å². The fourth-order valence-electron chi connectivity index (χ4n) is 2.87. The third-order valence-electron chi connectivity index (χ3n) is 4.41. The standard InChI is InChI=1S/C22H21BrN2O2S/c1-15(16-8-10-18(11-9-16)17-6-4-3-5-7-17)24-21(26)14-25(2)22(27)19-12-13-20(23)28-19/h3-13,15H,14H2,1-2H3,(H,24,26). The van der Waals surface area contributed by atoms with E-state index in [0.717, 1.165) is 20.5 Å². The van der Waals surface area contributed by atoms with Crippen LogP contribution < -0.4 is 5.32 Å². The number of likely N-dealkylation sites (N-methyl/N-ethyl adjacent to an activating group) is 1. The summed E-state index contributed by atoms with van der Waals surface area (Å²) in [5.41, 5.74) is 3.31. The van der Waals surface area contributed by atoms with Gasteiger partial charge in [0.1, 0.15) is 0 Å². The van der Waals surface area contributed by atoms with Gasteiger partial charge in [0.2, 0.25) is 5.91 Å². The lowest BCUT2D eigenvalue weighted by Gasteiger charge is -2.19. The second kappa shape index (κ2) is 9.17. The van der Waals surface area contributed by atoms with Crippen molar-refractivity contribution in [3.63, 3.8) is 0 Å². The predicted octanol–water partition coefficient (Wildman–Crippen LogP) is 5.13. The van der Waals surface area contributed by atoms with Crippen molar-refractivity contribution in [1.82, 2.24) is 10.2 Å². The first-order valence-electron chi connectivity index (χ1n) is 8.89. The summed E-state index contributed by atoms with van der Waals surface area (Å²) in [6.07, 6.45) is 0. The first kappa shape index (κ1) is 20.3. The fraction of sp³-hybridized carbons (Fsp3) is 0.182. The molecule has 0 saturated carbocycles. The van der Waals surface area contributed by atoms with Crippen molar-refractivity contribution in [2.75, 3.05) is 13.6 Å². The minimum atomic E-state index is -0.189. The second-order valence-corrected chi connectivity index (χ2v) is 9.01. The summed E-state index contributed by atoms with van der Waals surface area (Å²) in [5, 5.41) is 2.96. The summed E-state index contributed by atoms with van der Waals surface area (Å²) in [7, 11) is 1.63. The zero-order valence-electron chi connectivity index (χ0n) is 15.7. The number of nitrogens with zero attached hydrogens (tertiary/aromatic N) is 1. The predicted molar refractivity (Wildman–Crippen MR) is 117 cm³/mol. The molecular weight excluding hydrogens is 436 g/mol. The van der Waals surface area contributed by atoms with Crippen LogP contribution >= 0.6 is 27.3 Å². The molecule has 0 spiro atoms. The van der Waals surface area contributed by atoms with Gasteiger partial charge in [-0.2, -0.15) is 0 Å². The van der Waals surface area contributed by atoms with E-state index >= 15 is 0 Å². The van der Waals surface area contributed by atoms with Gasteiger partial charge in [-0.25, -0.2) is 0 Å². The molecule has 1 heterocycles.